The van der Waals surface area contributed by atoms with E-state index in [9.17, 15) is 9.90 Å². The van der Waals surface area contributed by atoms with Crippen molar-refractivity contribution in [2.75, 3.05) is 6.61 Å². The van der Waals surface area contributed by atoms with Gasteiger partial charge in [0.2, 0.25) is 0 Å². The minimum absolute atomic E-state index is 0.0271. The molecular formula is C25H48O3. The Morgan fingerprint density at radius 2 is 1.54 bits per heavy atom. The smallest absolute Gasteiger partial charge is 0.305 e. The molecule has 0 fully saturated rings. The summed E-state index contributed by atoms with van der Waals surface area (Å²) in [5.41, 5.74) is 0. The van der Waals surface area contributed by atoms with E-state index in [1.165, 1.54) is 44.9 Å². The van der Waals surface area contributed by atoms with Crippen molar-refractivity contribution in [3.05, 3.63) is 12.2 Å². The fourth-order valence-electron chi connectivity index (χ4n) is 3.27. The second kappa shape index (κ2) is 20.9. The Kier molecular flexibility index (Phi) is 20.3. The van der Waals surface area contributed by atoms with Gasteiger partial charge in [0.15, 0.2) is 0 Å². The minimum atomic E-state index is -0.164. The van der Waals surface area contributed by atoms with E-state index in [1.807, 2.05) is 0 Å². The van der Waals surface area contributed by atoms with Crippen molar-refractivity contribution < 1.29 is 14.6 Å². The molecule has 0 rings (SSSR count). The fourth-order valence-corrected chi connectivity index (χ4v) is 3.27. The van der Waals surface area contributed by atoms with Gasteiger partial charge in [-0.3, -0.25) is 4.79 Å². The molecule has 0 heterocycles. The number of allylic oxidation sites excluding steroid dienone is 1. The molecule has 3 nitrogen and oxygen atoms in total. The van der Waals surface area contributed by atoms with Gasteiger partial charge >= 0.3 is 5.97 Å². The molecule has 166 valence electrons. The van der Waals surface area contributed by atoms with Crippen LogP contribution in [0.5, 0.6) is 0 Å². The molecular weight excluding hydrogens is 348 g/mol. The van der Waals surface area contributed by atoms with Gasteiger partial charge in [-0.15, -0.1) is 0 Å². The van der Waals surface area contributed by atoms with Crippen LogP contribution in [0.15, 0.2) is 12.2 Å². The highest BCUT2D eigenvalue weighted by Gasteiger charge is 2.03. The van der Waals surface area contributed by atoms with Crippen molar-refractivity contribution in [1.82, 2.24) is 0 Å². The first-order valence-electron chi connectivity index (χ1n) is 12.0. The number of rotatable bonds is 20. The van der Waals surface area contributed by atoms with E-state index in [-0.39, 0.29) is 12.1 Å². The SMILES string of the molecule is CCCCCC[C@@H](O)C/C=C\CCCCCCCC(=O)OCCCCC(C)C. The number of hydrogen-bond donors (Lipinski definition) is 1. The average molecular weight is 397 g/mol. The molecule has 28 heavy (non-hydrogen) atoms. The van der Waals surface area contributed by atoms with Crippen molar-refractivity contribution in [3.8, 4) is 0 Å². The fraction of sp³-hybridized carbons (Fsp3) is 0.880. The number of carbonyl (C=O) groups excluding carboxylic acids is 1. The third kappa shape index (κ3) is 21.5. The summed E-state index contributed by atoms with van der Waals surface area (Å²) in [6, 6.07) is 0. The summed E-state index contributed by atoms with van der Waals surface area (Å²) in [5.74, 6) is 0.707. The van der Waals surface area contributed by atoms with Crippen LogP contribution < -0.4 is 0 Å². The van der Waals surface area contributed by atoms with E-state index in [0.29, 0.717) is 13.0 Å². The van der Waals surface area contributed by atoms with E-state index >= 15 is 0 Å². The lowest BCUT2D eigenvalue weighted by atomic mass is 10.1. The van der Waals surface area contributed by atoms with Gasteiger partial charge in [-0.1, -0.05) is 84.3 Å². The lowest BCUT2D eigenvalue weighted by Gasteiger charge is -2.07. The Morgan fingerprint density at radius 1 is 0.857 bits per heavy atom. The van der Waals surface area contributed by atoms with Crippen molar-refractivity contribution in [3.63, 3.8) is 0 Å². The maximum absolute atomic E-state index is 11.6. The van der Waals surface area contributed by atoms with Crippen LogP contribution in [0.2, 0.25) is 0 Å². The number of aliphatic hydroxyl groups is 1. The highest BCUT2D eigenvalue weighted by molar-refractivity contribution is 5.69. The molecule has 0 saturated carbocycles. The Labute approximate surface area is 175 Å². The van der Waals surface area contributed by atoms with Gasteiger partial charge in [-0.25, -0.2) is 0 Å². The third-order valence-electron chi connectivity index (χ3n) is 5.16. The molecule has 0 aromatic carbocycles. The summed E-state index contributed by atoms with van der Waals surface area (Å²) in [6.07, 6.45) is 21.5. The molecule has 0 aliphatic carbocycles. The van der Waals surface area contributed by atoms with Crippen LogP contribution in [0.4, 0.5) is 0 Å². The summed E-state index contributed by atoms with van der Waals surface area (Å²) < 4.78 is 5.28. The lowest BCUT2D eigenvalue weighted by molar-refractivity contribution is -0.143. The van der Waals surface area contributed by atoms with Crippen molar-refractivity contribution >= 4 is 5.97 Å². The molecule has 0 amide bonds. The van der Waals surface area contributed by atoms with Gasteiger partial charge in [-0.05, 0) is 50.9 Å². The van der Waals surface area contributed by atoms with Crippen LogP contribution >= 0.6 is 0 Å². The molecule has 0 spiro atoms. The predicted octanol–water partition coefficient (Wildman–Crippen LogP) is 7.36. The molecule has 0 aliphatic heterocycles. The Hall–Kier alpha value is -0.830. The summed E-state index contributed by atoms with van der Waals surface area (Å²) in [6.45, 7) is 7.25. The standard InChI is InChI=1S/C25H48O3/c1-4-5-6-13-19-24(26)20-14-11-9-7-8-10-12-15-21-25(27)28-22-17-16-18-23(2)3/h11,14,23-24,26H,4-10,12-13,15-22H2,1-3H3/b14-11-/t24-/m1/s1. The molecule has 0 aromatic rings. The van der Waals surface area contributed by atoms with Crippen molar-refractivity contribution in [1.29, 1.82) is 0 Å². The first-order valence-corrected chi connectivity index (χ1v) is 12.0. The zero-order chi connectivity index (χ0) is 20.9. The summed E-state index contributed by atoms with van der Waals surface area (Å²) in [4.78, 5) is 11.6. The second-order valence-corrected chi connectivity index (χ2v) is 8.63. The van der Waals surface area contributed by atoms with Crippen LogP contribution in [0.1, 0.15) is 124 Å². The molecule has 0 bridgehead atoms. The van der Waals surface area contributed by atoms with Crippen LogP contribution in [0.3, 0.4) is 0 Å². The number of carbonyl (C=O) groups is 1. The summed E-state index contributed by atoms with van der Waals surface area (Å²) >= 11 is 0. The van der Waals surface area contributed by atoms with Crippen molar-refractivity contribution in [2.24, 2.45) is 5.92 Å². The summed E-state index contributed by atoms with van der Waals surface area (Å²) in [5, 5.41) is 9.91. The van der Waals surface area contributed by atoms with Crippen LogP contribution in [-0.2, 0) is 9.53 Å². The van der Waals surface area contributed by atoms with Crippen LogP contribution in [-0.4, -0.2) is 23.8 Å². The predicted molar refractivity (Wildman–Crippen MR) is 120 cm³/mol. The van der Waals surface area contributed by atoms with Gasteiger partial charge in [0.05, 0.1) is 12.7 Å². The van der Waals surface area contributed by atoms with Gasteiger partial charge in [-0.2, -0.15) is 0 Å². The lowest BCUT2D eigenvalue weighted by Crippen LogP contribution is -2.05. The molecule has 3 heteroatoms. The Balaban J connectivity index is 3.32. The Morgan fingerprint density at radius 3 is 2.29 bits per heavy atom. The number of esters is 1. The normalized spacial score (nSPS) is 12.8. The molecule has 0 radical (unpaired) electrons. The zero-order valence-electron chi connectivity index (χ0n) is 19.1. The topological polar surface area (TPSA) is 46.5 Å². The minimum Gasteiger partial charge on any atom is -0.466 e. The van der Waals surface area contributed by atoms with E-state index < -0.39 is 0 Å². The van der Waals surface area contributed by atoms with E-state index in [4.69, 9.17) is 4.74 Å². The first-order chi connectivity index (χ1) is 13.6. The van der Waals surface area contributed by atoms with Gasteiger partial charge in [0, 0.05) is 6.42 Å². The number of hydrogen-bond acceptors (Lipinski definition) is 3. The van der Waals surface area contributed by atoms with Gasteiger partial charge < -0.3 is 9.84 Å². The van der Waals surface area contributed by atoms with Gasteiger partial charge in [0.25, 0.3) is 0 Å². The van der Waals surface area contributed by atoms with Crippen LogP contribution in [0, 0.1) is 5.92 Å². The molecule has 1 N–H and O–H groups in total. The number of unbranched alkanes of at least 4 members (excludes halogenated alkanes) is 9. The van der Waals surface area contributed by atoms with Crippen LogP contribution in [0.25, 0.3) is 0 Å². The largest absolute Gasteiger partial charge is 0.466 e. The van der Waals surface area contributed by atoms with Crippen molar-refractivity contribution in [2.45, 2.75) is 130 Å². The van der Waals surface area contributed by atoms with E-state index in [2.05, 4.69) is 32.9 Å². The Bertz CT molecular complexity index is 363. The average Bonchev–Trinajstić information content (AvgIpc) is 2.66. The second-order valence-electron chi connectivity index (χ2n) is 8.63. The molecule has 1 atom stereocenters. The maximum atomic E-state index is 11.6. The highest BCUT2D eigenvalue weighted by atomic mass is 16.5. The summed E-state index contributed by atoms with van der Waals surface area (Å²) in [7, 11) is 0. The third-order valence-corrected chi connectivity index (χ3v) is 5.16. The molecule has 0 aromatic heterocycles. The molecule has 0 aliphatic rings. The monoisotopic (exact) mass is 396 g/mol. The number of ether oxygens (including phenoxy) is 1. The highest BCUT2D eigenvalue weighted by Crippen LogP contribution is 2.11. The quantitative estimate of drug-likeness (QED) is 0.133. The number of aliphatic hydroxyl groups excluding tert-OH is 1. The molecule has 0 unspecified atom stereocenters. The zero-order valence-corrected chi connectivity index (χ0v) is 19.1. The molecule has 0 saturated heterocycles. The van der Waals surface area contributed by atoms with E-state index in [1.54, 1.807) is 0 Å². The first kappa shape index (κ1) is 27.2. The van der Waals surface area contributed by atoms with Gasteiger partial charge in [0.1, 0.15) is 0 Å². The van der Waals surface area contributed by atoms with E-state index in [0.717, 1.165) is 57.3 Å². The maximum Gasteiger partial charge on any atom is 0.305 e.